The number of amides is 1. The molecule has 5 nitrogen and oxygen atoms in total. The van der Waals surface area contributed by atoms with Crippen LogP contribution in [-0.2, 0) is 0 Å². The standard InChI is InChI=1S/C21H17ClN4OS/c1-13-9-18(15-3-2-4-16(22)10-15)26-20(24-13)14-5-7-17(8-6-14)25-21(27)19-11-28-12-23-19/h2-13H,1H3,(H,24,26)(H,25,27). The van der Waals surface area contributed by atoms with Crippen molar-refractivity contribution >= 4 is 46.1 Å². The lowest BCUT2D eigenvalue weighted by atomic mass is 10.1. The second kappa shape index (κ2) is 7.96. The van der Waals surface area contributed by atoms with Crippen molar-refractivity contribution in [2.75, 3.05) is 5.32 Å². The second-order valence-electron chi connectivity index (χ2n) is 6.34. The molecule has 3 aromatic rings. The summed E-state index contributed by atoms with van der Waals surface area (Å²) in [6, 6.07) is 15.3. The molecular weight excluding hydrogens is 392 g/mol. The number of rotatable bonds is 4. The predicted octanol–water partition coefficient (Wildman–Crippen LogP) is 4.83. The zero-order valence-corrected chi connectivity index (χ0v) is 16.6. The summed E-state index contributed by atoms with van der Waals surface area (Å²) in [5.41, 5.74) is 5.68. The number of benzene rings is 2. The van der Waals surface area contributed by atoms with Crippen molar-refractivity contribution in [3.05, 3.63) is 87.3 Å². The number of anilines is 1. The number of hydrogen-bond donors (Lipinski definition) is 2. The maximum atomic E-state index is 12.1. The van der Waals surface area contributed by atoms with Crippen molar-refractivity contribution in [3.63, 3.8) is 0 Å². The first-order valence-electron chi connectivity index (χ1n) is 8.71. The van der Waals surface area contributed by atoms with Gasteiger partial charge in [0, 0.05) is 27.4 Å². The highest BCUT2D eigenvalue weighted by Crippen LogP contribution is 2.22. The van der Waals surface area contributed by atoms with Crippen molar-refractivity contribution in [2.45, 2.75) is 13.0 Å². The molecule has 0 radical (unpaired) electrons. The smallest absolute Gasteiger partial charge is 0.275 e. The number of nitrogens with zero attached hydrogens (tertiary/aromatic N) is 2. The summed E-state index contributed by atoms with van der Waals surface area (Å²) in [5, 5.41) is 8.64. The number of aliphatic imine (C=N–C) groups is 1. The lowest BCUT2D eigenvalue weighted by molar-refractivity contribution is 0.102. The summed E-state index contributed by atoms with van der Waals surface area (Å²) >= 11 is 7.52. The van der Waals surface area contributed by atoms with Crippen molar-refractivity contribution in [1.82, 2.24) is 10.3 Å². The largest absolute Gasteiger partial charge is 0.340 e. The highest BCUT2D eigenvalue weighted by Gasteiger charge is 2.16. The fourth-order valence-corrected chi connectivity index (χ4v) is 3.61. The monoisotopic (exact) mass is 408 g/mol. The molecule has 1 aromatic heterocycles. The minimum Gasteiger partial charge on any atom is -0.340 e. The van der Waals surface area contributed by atoms with Crippen molar-refractivity contribution in [3.8, 4) is 0 Å². The Kier molecular flexibility index (Phi) is 5.23. The highest BCUT2D eigenvalue weighted by atomic mass is 35.5. The van der Waals surface area contributed by atoms with Gasteiger partial charge in [0.25, 0.3) is 5.91 Å². The fourth-order valence-electron chi connectivity index (χ4n) is 2.89. The molecule has 1 amide bonds. The van der Waals surface area contributed by atoms with Crippen LogP contribution in [0.25, 0.3) is 5.70 Å². The SMILES string of the molecule is CC1C=C(c2cccc(Cl)c2)NC(c2ccc(NC(=O)c3cscn3)cc2)=N1. The first-order chi connectivity index (χ1) is 13.6. The van der Waals surface area contributed by atoms with Gasteiger partial charge in [-0.2, -0.15) is 0 Å². The summed E-state index contributed by atoms with van der Waals surface area (Å²) in [7, 11) is 0. The third kappa shape index (κ3) is 4.13. The van der Waals surface area contributed by atoms with E-state index >= 15 is 0 Å². The van der Waals surface area contributed by atoms with Crippen LogP contribution >= 0.6 is 22.9 Å². The van der Waals surface area contributed by atoms with Gasteiger partial charge in [-0.25, -0.2) is 4.98 Å². The van der Waals surface area contributed by atoms with Crippen LogP contribution in [0.2, 0.25) is 5.02 Å². The van der Waals surface area contributed by atoms with Crippen LogP contribution in [0.15, 0.2) is 70.5 Å². The molecule has 2 heterocycles. The molecule has 7 heteroatoms. The summed E-state index contributed by atoms with van der Waals surface area (Å²) in [5.74, 6) is 0.560. The van der Waals surface area contributed by atoms with E-state index in [-0.39, 0.29) is 11.9 Å². The van der Waals surface area contributed by atoms with E-state index in [1.807, 2.05) is 55.5 Å². The van der Waals surface area contributed by atoms with Gasteiger partial charge in [0.1, 0.15) is 11.5 Å². The Bertz CT molecular complexity index is 1060. The van der Waals surface area contributed by atoms with Gasteiger partial charge in [0.2, 0.25) is 0 Å². The highest BCUT2D eigenvalue weighted by molar-refractivity contribution is 7.07. The Hall–Kier alpha value is -2.96. The van der Waals surface area contributed by atoms with Crippen LogP contribution in [0.4, 0.5) is 5.69 Å². The molecule has 4 rings (SSSR count). The number of carbonyl (C=O) groups is 1. The van der Waals surface area contributed by atoms with E-state index in [1.54, 1.807) is 10.9 Å². The molecule has 140 valence electrons. The average molecular weight is 409 g/mol. The average Bonchev–Trinajstić information content (AvgIpc) is 3.23. The van der Waals surface area contributed by atoms with Crippen LogP contribution in [0.5, 0.6) is 0 Å². The third-order valence-corrected chi connectivity index (χ3v) is 5.03. The molecule has 1 unspecified atom stereocenters. The van der Waals surface area contributed by atoms with Gasteiger partial charge in [-0.05, 0) is 55.0 Å². The summed E-state index contributed by atoms with van der Waals surface area (Å²) in [6.45, 7) is 2.04. The third-order valence-electron chi connectivity index (χ3n) is 4.21. The lowest BCUT2D eigenvalue weighted by Crippen LogP contribution is -2.28. The molecule has 1 aliphatic rings. The quantitative estimate of drug-likeness (QED) is 0.649. The Balaban J connectivity index is 1.50. The topological polar surface area (TPSA) is 66.4 Å². The molecule has 1 aliphatic heterocycles. The van der Waals surface area contributed by atoms with Crippen molar-refractivity contribution in [1.29, 1.82) is 0 Å². The van der Waals surface area contributed by atoms with Crippen LogP contribution in [0.1, 0.15) is 28.5 Å². The van der Waals surface area contributed by atoms with E-state index in [9.17, 15) is 4.79 Å². The molecule has 2 aromatic carbocycles. The Morgan fingerprint density at radius 3 is 2.71 bits per heavy atom. The molecule has 0 bridgehead atoms. The van der Waals surface area contributed by atoms with Gasteiger partial charge in [0.15, 0.2) is 0 Å². The molecule has 1 atom stereocenters. The summed E-state index contributed by atoms with van der Waals surface area (Å²) < 4.78 is 0. The van der Waals surface area contributed by atoms with Gasteiger partial charge in [0.05, 0.1) is 11.6 Å². The number of carbonyl (C=O) groups excluding carboxylic acids is 1. The van der Waals surface area contributed by atoms with E-state index in [4.69, 9.17) is 11.6 Å². The Labute approximate surface area is 171 Å². The van der Waals surface area contributed by atoms with E-state index in [2.05, 4.69) is 26.7 Å². The molecule has 2 N–H and O–H groups in total. The van der Waals surface area contributed by atoms with E-state index in [0.29, 0.717) is 16.4 Å². The molecule has 0 fully saturated rings. The summed E-state index contributed by atoms with van der Waals surface area (Å²) in [4.78, 5) is 20.8. The molecular formula is C21H17ClN4OS. The molecule has 0 saturated carbocycles. The maximum absolute atomic E-state index is 12.1. The van der Waals surface area contributed by atoms with Gasteiger partial charge >= 0.3 is 0 Å². The number of amidine groups is 1. The number of aromatic nitrogens is 1. The molecule has 0 aliphatic carbocycles. The minimum atomic E-state index is -0.220. The first kappa shape index (κ1) is 18.4. The van der Waals surface area contributed by atoms with Gasteiger partial charge in [-0.3, -0.25) is 9.79 Å². The molecule has 28 heavy (non-hydrogen) atoms. The van der Waals surface area contributed by atoms with E-state index in [0.717, 1.165) is 22.7 Å². The van der Waals surface area contributed by atoms with Gasteiger partial charge in [-0.15, -0.1) is 11.3 Å². The van der Waals surface area contributed by atoms with Crippen molar-refractivity contribution < 1.29 is 4.79 Å². The molecule has 0 saturated heterocycles. The van der Waals surface area contributed by atoms with E-state index in [1.165, 1.54) is 11.3 Å². The number of thiazole rings is 1. The number of hydrogen-bond acceptors (Lipinski definition) is 5. The van der Waals surface area contributed by atoms with Gasteiger partial charge in [-0.1, -0.05) is 23.7 Å². The normalized spacial score (nSPS) is 16.0. The van der Waals surface area contributed by atoms with Crippen LogP contribution in [-0.4, -0.2) is 22.8 Å². The number of nitrogens with one attached hydrogen (secondary N) is 2. The Morgan fingerprint density at radius 2 is 2.00 bits per heavy atom. The van der Waals surface area contributed by atoms with Gasteiger partial charge < -0.3 is 10.6 Å². The summed E-state index contributed by atoms with van der Waals surface area (Å²) in [6.07, 6.45) is 2.07. The maximum Gasteiger partial charge on any atom is 0.275 e. The molecule has 0 spiro atoms. The van der Waals surface area contributed by atoms with Crippen molar-refractivity contribution in [2.24, 2.45) is 4.99 Å². The lowest BCUT2D eigenvalue weighted by Gasteiger charge is -2.21. The zero-order valence-electron chi connectivity index (χ0n) is 15.0. The van der Waals surface area contributed by atoms with Crippen LogP contribution in [0.3, 0.4) is 0 Å². The van der Waals surface area contributed by atoms with E-state index < -0.39 is 0 Å². The fraction of sp³-hybridized carbons (Fsp3) is 0.0952. The zero-order chi connectivity index (χ0) is 19.5. The Morgan fingerprint density at radius 1 is 1.18 bits per heavy atom. The van der Waals surface area contributed by atoms with Crippen LogP contribution < -0.4 is 10.6 Å². The number of halogens is 1. The minimum absolute atomic E-state index is 0.0364. The predicted molar refractivity (Wildman–Crippen MR) is 115 cm³/mol. The second-order valence-corrected chi connectivity index (χ2v) is 7.49. The van der Waals surface area contributed by atoms with Crippen LogP contribution in [0, 0.1) is 0 Å². The first-order valence-corrected chi connectivity index (χ1v) is 10.0.